The summed E-state index contributed by atoms with van der Waals surface area (Å²) in [6.07, 6.45) is 2.27. The van der Waals surface area contributed by atoms with E-state index in [2.05, 4.69) is 84.0 Å². The van der Waals surface area contributed by atoms with Gasteiger partial charge in [0.1, 0.15) is 17.2 Å². The lowest BCUT2D eigenvalue weighted by Gasteiger charge is -2.34. The van der Waals surface area contributed by atoms with Gasteiger partial charge in [-0.1, -0.05) is 95.3 Å². The van der Waals surface area contributed by atoms with Crippen LogP contribution in [0.4, 0.5) is 0 Å². The van der Waals surface area contributed by atoms with Crippen molar-refractivity contribution in [2.24, 2.45) is 0 Å². The van der Waals surface area contributed by atoms with Crippen molar-refractivity contribution in [3.8, 4) is 17.2 Å². The number of phenolic OH excluding ortho intramolecular Hbond substituents is 3. The van der Waals surface area contributed by atoms with Crippen molar-refractivity contribution >= 4 is 0 Å². The van der Waals surface area contributed by atoms with Crippen LogP contribution in [0, 0.1) is 0 Å². The van der Waals surface area contributed by atoms with E-state index in [4.69, 9.17) is 0 Å². The lowest BCUT2D eigenvalue weighted by Crippen LogP contribution is -2.26. The fourth-order valence-electron chi connectivity index (χ4n) is 5.50. The van der Waals surface area contributed by atoms with Crippen molar-refractivity contribution in [1.82, 2.24) is 0 Å². The molecule has 0 radical (unpaired) electrons. The summed E-state index contributed by atoms with van der Waals surface area (Å²) in [4.78, 5) is 0. The predicted octanol–water partition coefficient (Wildman–Crippen LogP) is 8.17. The Labute approximate surface area is 227 Å². The van der Waals surface area contributed by atoms with Gasteiger partial charge in [-0.3, -0.25) is 0 Å². The van der Waals surface area contributed by atoms with E-state index in [-0.39, 0.29) is 5.41 Å². The quantitative estimate of drug-likeness (QED) is 0.210. The maximum Gasteiger partial charge on any atom is 0.118 e. The Kier molecular flexibility index (Phi) is 7.60. The lowest BCUT2D eigenvalue weighted by atomic mass is 9.69. The third-order valence-electron chi connectivity index (χ3n) is 8.44. The third kappa shape index (κ3) is 4.78. The van der Waals surface area contributed by atoms with Gasteiger partial charge in [0, 0.05) is 10.8 Å². The van der Waals surface area contributed by atoms with Crippen LogP contribution in [0.15, 0.2) is 78.9 Å². The summed E-state index contributed by atoms with van der Waals surface area (Å²) in [5.74, 6) is 0.978. The van der Waals surface area contributed by atoms with E-state index < -0.39 is 5.41 Å². The van der Waals surface area contributed by atoms with Crippen molar-refractivity contribution in [3.05, 3.63) is 123 Å². The molecule has 0 spiro atoms. The fourth-order valence-corrected chi connectivity index (χ4v) is 5.50. The van der Waals surface area contributed by atoms with E-state index in [9.17, 15) is 15.3 Å². The van der Waals surface area contributed by atoms with E-state index in [1.54, 1.807) is 18.2 Å². The molecule has 3 heteroatoms. The van der Waals surface area contributed by atoms with Gasteiger partial charge >= 0.3 is 0 Å². The first-order valence-electron chi connectivity index (χ1n) is 13.6. The Morgan fingerprint density at radius 3 is 1.16 bits per heavy atom. The van der Waals surface area contributed by atoms with Gasteiger partial charge in [-0.25, -0.2) is 0 Å². The average Bonchev–Trinajstić information content (AvgIpc) is 2.93. The fraction of sp³-hybridized carbons (Fsp3) is 0.314. The minimum Gasteiger partial charge on any atom is -0.508 e. The second kappa shape index (κ2) is 10.6. The molecule has 0 heterocycles. The number of aromatic hydroxyl groups is 3. The van der Waals surface area contributed by atoms with Gasteiger partial charge in [0.25, 0.3) is 0 Å². The van der Waals surface area contributed by atoms with Crippen LogP contribution < -0.4 is 0 Å². The van der Waals surface area contributed by atoms with E-state index in [0.717, 1.165) is 52.6 Å². The third-order valence-corrected chi connectivity index (χ3v) is 8.44. The highest BCUT2D eigenvalue weighted by atomic mass is 16.3. The first-order chi connectivity index (χ1) is 18.1. The highest BCUT2D eigenvalue weighted by molar-refractivity contribution is 5.55. The number of benzene rings is 4. The van der Waals surface area contributed by atoms with Crippen molar-refractivity contribution in [3.63, 3.8) is 0 Å². The monoisotopic (exact) mass is 508 g/mol. The van der Waals surface area contributed by atoms with Gasteiger partial charge in [0.2, 0.25) is 0 Å². The molecule has 198 valence electrons. The smallest absolute Gasteiger partial charge is 0.118 e. The molecule has 0 saturated carbocycles. The van der Waals surface area contributed by atoms with Crippen LogP contribution in [0.1, 0.15) is 86.1 Å². The number of rotatable bonds is 8. The van der Waals surface area contributed by atoms with Gasteiger partial charge in [0.05, 0.1) is 0 Å². The molecular formula is C35H40O3. The maximum absolute atomic E-state index is 10.4. The van der Waals surface area contributed by atoms with Crippen LogP contribution in [0.3, 0.4) is 0 Å². The molecule has 4 aromatic rings. The molecule has 0 aromatic heterocycles. The Balaban J connectivity index is 1.86. The van der Waals surface area contributed by atoms with E-state index in [0.29, 0.717) is 17.2 Å². The van der Waals surface area contributed by atoms with Crippen LogP contribution in [0.2, 0.25) is 0 Å². The second-order valence-corrected chi connectivity index (χ2v) is 10.9. The normalized spacial score (nSPS) is 12.1. The van der Waals surface area contributed by atoms with Gasteiger partial charge in [-0.2, -0.15) is 0 Å². The molecule has 0 unspecified atom stereocenters. The Bertz CT molecular complexity index is 1380. The Morgan fingerprint density at radius 2 is 0.763 bits per heavy atom. The molecule has 0 amide bonds. The summed E-state index contributed by atoms with van der Waals surface area (Å²) < 4.78 is 0. The molecule has 3 nitrogen and oxygen atoms in total. The summed E-state index contributed by atoms with van der Waals surface area (Å²) in [7, 11) is 0. The molecule has 0 fully saturated rings. The summed E-state index contributed by atoms with van der Waals surface area (Å²) in [5, 5.41) is 31.0. The summed E-state index contributed by atoms with van der Waals surface area (Å²) in [5.41, 5.74) is 7.74. The molecule has 38 heavy (non-hydrogen) atoms. The molecular weight excluding hydrogens is 468 g/mol. The average molecular weight is 509 g/mol. The van der Waals surface area contributed by atoms with Crippen LogP contribution in [0.5, 0.6) is 17.2 Å². The molecule has 0 bridgehead atoms. The standard InChI is InChI=1S/C35H40O3/c1-7-23-20-28(14-17-31(23)36)34(4,5)26-10-12-27(13-11-26)35(6,29-15-18-32(37)24(8-2)21-29)30-16-19-33(38)25(9-3)22-30/h10-22,36-38H,7-9H2,1-6H3. The van der Waals surface area contributed by atoms with Crippen LogP contribution >= 0.6 is 0 Å². The lowest BCUT2D eigenvalue weighted by molar-refractivity contribution is 0.467. The van der Waals surface area contributed by atoms with Gasteiger partial charge in [0.15, 0.2) is 0 Å². The van der Waals surface area contributed by atoms with Crippen LogP contribution in [0.25, 0.3) is 0 Å². The topological polar surface area (TPSA) is 60.7 Å². The van der Waals surface area contributed by atoms with Crippen molar-refractivity contribution in [2.45, 2.75) is 71.6 Å². The second-order valence-electron chi connectivity index (χ2n) is 10.9. The van der Waals surface area contributed by atoms with Crippen molar-refractivity contribution in [1.29, 1.82) is 0 Å². The summed E-state index contributed by atoms with van der Waals surface area (Å²) >= 11 is 0. The first kappa shape index (κ1) is 27.3. The van der Waals surface area contributed by atoms with Crippen molar-refractivity contribution < 1.29 is 15.3 Å². The zero-order valence-electron chi connectivity index (χ0n) is 23.5. The van der Waals surface area contributed by atoms with Crippen LogP contribution in [-0.2, 0) is 30.1 Å². The first-order valence-corrected chi connectivity index (χ1v) is 13.6. The zero-order chi connectivity index (χ0) is 27.7. The number of hydrogen-bond donors (Lipinski definition) is 3. The molecule has 0 aliphatic heterocycles. The highest BCUT2D eigenvalue weighted by Gasteiger charge is 2.33. The molecule has 3 N–H and O–H groups in total. The minimum atomic E-state index is -0.494. The zero-order valence-corrected chi connectivity index (χ0v) is 23.5. The van der Waals surface area contributed by atoms with E-state index in [1.807, 2.05) is 18.2 Å². The molecule has 0 saturated heterocycles. The summed E-state index contributed by atoms with van der Waals surface area (Å²) in [6, 6.07) is 26.5. The minimum absolute atomic E-state index is 0.242. The van der Waals surface area contributed by atoms with E-state index >= 15 is 0 Å². The highest BCUT2D eigenvalue weighted by Crippen LogP contribution is 2.43. The molecule has 4 aromatic carbocycles. The Morgan fingerprint density at radius 1 is 0.447 bits per heavy atom. The SMILES string of the molecule is CCc1cc(C(C)(C)c2ccc(C(C)(c3ccc(O)c(CC)c3)c3ccc(O)c(CC)c3)cc2)ccc1O. The predicted molar refractivity (Wildman–Crippen MR) is 157 cm³/mol. The van der Waals surface area contributed by atoms with Gasteiger partial charge in [-0.05, 0) is 88.9 Å². The molecule has 4 rings (SSSR count). The van der Waals surface area contributed by atoms with Gasteiger partial charge in [-0.15, -0.1) is 0 Å². The van der Waals surface area contributed by atoms with Gasteiger partial charge < -0.3 is 15.3 Å². The molecule has 0 aliphatic rings. The molecule has 0 atom stereocenters. The molecule has 0 aliphatic carbocycles. The largest absolute Gasteiger partial charge is 0.508 e. The Hall–Kier alpha value is -3.72. The number of hydrogen-bond acceptors (Lipinski definition) is 3. The number of phenols is 3. The van der Waals surface area contributed by atoms with Crippen LogP contribution in [-0.4, -0.2) is 15.3 Å². The summed E-state index contributed by atoms with van der Waals surface area (Å²) in [6.45, 7) is 12.8. The van der Waals surface area contributed by atoms with Crippen molar-refractivity contribution in [2.75, 3.05) is 0 Å². The van der Waals surface area contributed by atoms with E-state index in [1.165, 1.54) is 11.1 Å². The number of aryl methyl sites for hydroxylation is 3. The maximum atomic E-state index is 10.4.